The van der Waals surface area contributed by atoms with E-state index in [0.717, 1.165) is 43.2 Å². The van der Waals surface area contributed by atoms with E-state index in [0.29, 0.717) is 12.7 Å². The molecule has 0 unspecified atom stereocenters. The van der Waals surface area contributed by atoms with Crippen molar-refractivity contribution >= 4 is 11.3 Å². The van der Waals surface area contributed by atoms with Gasteiger partial charge in [-0.3, -0.25) is 0 Å². The molecule has 2 heterocycles. The van der Waals surface area contributed by atoms with Crippen LogP contribution in [0, 0.1) is 0 Å². The van der Waals surface area contributed by atoms with E-state index >= 15 is 0 Å². The largest absolute Gasteiger partial charge is 0.372 e. The van der Waals surface area contributed by atoms with Crippen LogP contribution in [0.4, 0.5) is 0 Å². The lowest BCUT2D eigenvalue weighted by Gasteiger charge is -2.28. The van der Waals surface area contributed by atoms with Crippen molar-refractivity contribution in [2.45, 2.75) is 58.4 Å². The predicted molar refractivity (Wildman–Crippen MR) is 84.0 cm³/mol. The number of likely N-dealkylation sites (tertiary alicyclic amines) is 1. The summed E-state index contributed by atoms with van der Waals surface area (Å²) in [5.74, 6) is 0. The molecular formula is C15H27N3OS. The summed E-state index contributed by atoms with van der Waals surface area (Å²) in [4.78, 5) is 6.99. The first-order chi connectivity index (χ1) is 9.42. The van der Waals surface area contributed by atoms with Crippen molar-refractivity contribution in [1.82, 2.24) is 15.2 Å². The van der Waals surface area contributed by atoms with Crippen LogP contribution in [-0.4, -0.2) is 41.7 Å². The molecule has 4 nitrogen and oxygen atoms in total. The second-order valence-corrected chi connectivity index (χ2v) is 7.59. The lowest BCUT2D eigenvalue weighted by atomic mass is 10.1. The zero-order chi connectivity index (χ0) is 14.6. The molecule has 1 aromatic heterocycles. The second kappa shape index (κ2) is 6.98. The minimum Gasteiger partial charge on any atom is -0.372 e. The number of hydrogen-bond acceptors (Lipinski definition) is 5. The molecule has 1 N–H and O–H groups in total. The van der Waals surface area contributed by atoms with E-state index in [2.05, 4.69) is 48.4 Å². The first-order valence-electron chi connectivity index (χ1n) is 7.41. The van der Waals surface area contributed by atoms with Crippen LogP contribution in [0.2, 0.25) is 0 Å². The van der Waals surface area contributed by atoms with E-state index in [1.807, 2.05) is 0 Å². The predicted octanol–water partition coefficient (Wildman–Crippen LogP) is 2.64. The van der Waals surface area contributed by atoms with Crippen LogP contribution in [-0.2, 0) is 17.9 Å². The fourth-order valence-corrected chi connectivity index (χ4v) is 2.91. The molecule has 1 aliphatic rings. The molecule has 1 aliphatic heterocycles. The monoisotopic (exact) mass is 297 g/mol. The third-order valence-electron chi connectivity index (χ3n) is 3.50. The molecular weight excluding hydrogens is 270 g/mol. The summed E-state index contributed by atoms with van der Waals surface area (Å²) in [6, 6.07) is 0. The topological polar surface area (TPSA) is 37.4 Å². The summed E-state index contributed by atoms with van der Waals surface area (Å²) in [6.45, 7) is 10.3. The average Bonchev–Trinajstić information content (AvgIpc) is 2.83. The van der Waals surface area contributed by atoms with Gasteiger partial charge in [0.15, 0.2) is 0 Å². The van der Waals surface area contributed by atoms with Crippen molar-refractivity contribution in [1.29, 1.82) is 0 Å². The Labute approximate surface area is 126 Å². The molecule has 2 rings (SSSR count). The normalized spacial score (nSPS) is 18.6. The first-order valence-corrected chi connectivity index (χ1v) is 8.29. The Kier molecular flexibility index (Phi) is 5.55. The second-order valence-electron chi connectivity index (χ2n) is 6.65. The van der Waals surface area contributed by atoms with Crippen molar-refractivity contribution in [2.24, 2.45) is 0 Å². The summed E-state index contributed by atoms with van der Waals surface area (Å²) in [7, 11) is 2.17. The van der Waals surface area contributed by atoms with Crippen molar-refractivity contribution in [3.63, 3.8) is 0 Å². The molecule has 0 saturated carbocycles. The number of nitrogens with one attached hydrogen (secondary N) is 1. The standard InChI is InChI=1S/C15H27N3OS/c1-15(2,3)16-9-14-17-12(11-20-14)10-19-13-5-7-18(4)8-6-13/h11,13,16H,5-10H2,1-4H3. The molecule has 0 radical (unpaired) electrons. The minimum absolute atomic E-state index is 0.135. The molecule has 0 atom stereocenters. The number of hydrogen-bond donors (Lipinski definition) is 1. The maximum absolute atomic E-state index is 5.97. The Balaban J connectivity index is 1.72. The highest BCUT2D eigenvalue weighted by Gasteiger charge is 2.17. The lowest BCUT2D eigenvalue weighted by molar-refractivity contribution is 0.000899. The maximum atomic E-state index is 5.97. The molecule has 1 saturated heterocycles. The van der Waals surface area contributed by atoms with E-state index < -0.39 is 0 Å². The highest BCUT2D eigenvalue weighted by atomic mass is 32.1. The smallest absolute Gasteiger partial charge is 0.107 e. The van der Waals surface area contributed by atoms with Gasteiger partial charge in [-0.05, 0) is 40.7 Å². The third-order valence-corrected chi connectivity index (χ3v) is 4.40. The molecule has 0 aliphatic carbocycles. The number of piperidine rings is 1. The van der Waals surface area contributed by atoms with Crippen LogP contribution >= 0.6 is 11.3 Å². The molecule has 1 aromatic rings. The van der Waals surface area contributed by atoms with Gasteiger partial charge in [-0.25, -0.2) is 4.98 Å². The Bertz CT molecular complexity index is 405. The average molecular weight is 297 g/mol. The van der Waals surface area contributed by atoms with Crippen LogP contribution < -0.4 is 5.32 Å². The van der Waals surface area contributed by atoms with Gasteiger partial charge in [-0.2, -0.15) is 0 Å². The molecule has 20 heavy (non-hydrogen) atoms. The van der Waals surface area contributed by atoms with Gasteiger partial charge in [-0.1, -0.05) is 0 Å². The van der Waals surface area contributed by atoms with Crippen molar-refractivity contribution in [3.8, 4) is 0 Å². The molecule has 0 aromatic carbocycles. The van der Waals surface area contributed by atoms with Crippen LogP contribution in [0.25, 0.3) is 0 Å². The van der Waals surface area contributed by atoms with Gasteiger partial charge in [0, 0.05) is 30.6 Å². The van der Waals surface area contributed by atoms with E-state index in [9.17, 15) is 0 Å². The Morgan fingerprint density at radius 3 is 2.75 bits per heavy atom. The quantitative estimate of drug-likeness (QED) is 0.906. The minimum atomic E-state index is 0.135. The van der Waals surface area contributed by atoms with Gasteiger partial charge in [0.05, 0.1) is 18.4 Å². The molecule has 0 spiro atoms. The number of aromatic nitrogens is 1. The van der Waals surface area contributed by atoms with E-state index in [4.69, 9.17) is 4.74 Å². The van der Waals surface area contributed by atoms with Crippen molar-refractivity contribution in [3.05, 3.63) is 16.1 Å². The first kappa shape index (κ1) is 15.9. The molecule has 114 valence electrons. The number of rotatable bonds is 5. The van der Waals surface area contributed by atoms with Crippen LogP contribution in [0.5, 0.6) is 0 Å². The number of thiazole rings is 1. The van der Waals surface area contributed by atoms with Crippen LogP contribution in [0.1, 0.15) is 44.3 Å². The Morgan fingerprint density at radius 2 is 2.10 bits per heavy atom. The summed E-state index contributed by atoms with van der Waals surface area (Å²) in [5.41, 5.74) is 1.20. The van der Waals surface area contributed by atoms with Crippen LogP contribution in [0.15, 0.2) is 5.38 Å². The zero-order valence-electron chi connectivity index (χ0n) is 13.1. The van der Waals surface area contributed by atoms with Crippen molar-refractivity contribution in [2.75, 3.05) is 20.1 Å². The van der Waals surface area contributed by atoms with E-state index in [1.54, 1.807) is 11.3 Å². The van der Waals surface area contributed by atoms with Gasteiger partial charge in [0.25, 0.3) is 0 Å². The summed E-state index contributed by atoms with van der Waals surface area (Å²) < 4.78 is 5.97. The fourth-order valence-electron chi connectivity index (χ4n) is 2.19. The van der Waals surface area contributed by atoms with Gasteiger partial charge in [0.1, 0.15) is 5.01 Å². The van der Waals surface area contributed by atoms with E-state index in [-0.39, 0.29) is 5.54 Å². The molecule has 1 fully saturated rings. The Hall–Kier alpha value is -0.490. The fraction of sp³-hybridized carbons (Fsp3) is 0.800. The Morgan fingerprint density at radius 1 is 1.40 bits per heavy atom. The third kappa shape index (κ3) is 5.48. The molecule has 0 amide bonds. The van der Waals surface area contributed by atoms with Gasteiger partial charge in [-0.15, -0.1) is 11.3 Å². The molecule has 0 bridgehead atoms. The van der Waals surface area contributed by atoms with Gasteiger partial charge in [0.2, 0.25) is 0 Å². The van der Waals surface area contributed by atoms with E-state index in [1.165, 1.54) is 0 Å². The van der Waals surface area contributed by atoms with Crippen LogP contribution in [0.3, 0.4) is 0 Å². The summed E-state index contributed by atoms with van der Waals surface area (Å²) in [6.07, 6.45) is 2.68. The molecule has 5 heteroatoms. The highest BCUT2D eigenvalue weighted by Crippen LogP contribution is 2.16. The highest BCUT2D eigenvalue weighted by molar-refractivity contribution is 7.09. The maximum Gasteiger partial charge on any atom is 0.107 e. The summed E-state index contributed by atoms with van der Waals surface area (Å²) in [5, 5.41) is 6.72. The number of nitrogens with zero attached hydrogens (tertiary/aromatic N) is 2. The van der Waals surface area contributed by atoms with Gasteiger partial charge < -0.3 is 15.0 Å². The summed E-state index contributed by atoms with van der Waals surface area (Å²) >= 11 is 1.72. The van der Waals surface area contributed by atoms with Gasteiger partial charge >= 0.3 is 0 Å². The number of ether oxygens (including phenoxy) is 1. The zero-order valence-corrected chi connectivity index (χ0v) is 13.9. The van der Waals surface area contributed by atoms with Crippen molar-refractivity contribution < 1.29 is 4.74 Å². The SMILES string of the molecule is CN1CCC(OCc2csc(CNC(C)(C)C)n2)CC1. The lowest BCUT2D eigenvalue weighted by Crippen LogP contribution is -2.35.